The van der Waals surface area contributed by atoms with Crippen LogP contribution in [0.1, 0.15) is 37.6 Å². The maximum atomic E-state index is 13.9. The van der Waals surface area contributed by atoms with Crippen molar-refractivity contribution in [3.8, 4) is 0 Å². The number of carbonyl (C=O) groups excluding carboxylic acids is 3. The van der Waals surface area contributed by atoms with Crippen LogP contribution in [0.3, 0.4) is 0 Å². The average molecular weight is 469 g/mol. The van der Waals surface area contributed by atoms with Crippen LogP contribution < -0.4 is 10.2 Å². The van der Waals surface area contributed by atoms with Crippen LogP contribution >= 0.6 is 0 Å². The Balaban J connectivity index is 1.53. The summed E-state index contributed by atoms with van der Waals surface area (Å²) in [5, 5.41) is 2.86. The molecule has 0 aromatic heterocycles. The molecule has 0 unspecified atom stereocenters. The van der Waals surface area contributed by atoms with Gasteiger partial charge < -0.3 is 20.0 Å². The van der Waals surface area contributed by atoms with E-state index in [2.05, 4.69) is 10.2 Å². The number of hydrogen-bond acceptors (Lipinski definition) is 4. The first-order chi connectivity index (χ1) is 16.3. The number of halogens is 1. The van der Waals surface area contributed by atoms with Gasteiger partial charge in [0.15, 0.2) is 0 Å². The predicted octanol–water partition coefficient (Wildman–Crippen LogP) is 3.62. The summed E-state index contributed by atoms with van der Waals surface area (Å²) in [5.41, 5.74) is 1.75. The van der Waals surface area contributed by atoms with Gasteiger partial charge in [-0.15, -0.1) is 0 Å². The molecule has 0 saturated carbocycles. The van der Waals surface area contributed by atoms with Gasteiger partial charge in [0.25, 0.3) is 5.91 Å². The lowest BCUT2D eigenvalue weighted by Crippen LogP contribution is -2.49. The summed E-state index contributed by atoms with van der Waals surface area (Å²) < 4.78 is 13.9. The molecule has 3 amide bonds. The molecule has 1 fully saturated rings. The van der Waals surface area contributed by atoms with E-state index in [1.807, 2.05) is 45.0 Å². The number of carbonyl (C=O) groups is 3. The van der Waals surface area contributed by atoms with E-state index < -0.39 is 5.82 Å². The Bertz CT molecular complexity index is 1000. The molecule has 8 heteroatoms. The van der Waals surface area contributed by atoms with Crippen molar-refractivity contribution in [1.29, 1.82) is 0 Å². The molecule has 1 heterocycles. The number of piperazine rings is 1. The first-order valence-electron chi connectivity index (χ1n) is 11.8. The summed E-state index contributed by atoms with van der Waals surface area (Å²) in [4.78, 5) is 42.8. The molecular formula is C26H33FN4O3. The minimum Gasteiger partial charge on any atom is -0.368 e. The Morgan fingerprint density at radius 2 is 1.65 bits per heavy atom. The van der Waals surface area contributed by atoms with Crippen LogP contribution in [0, 0.1) is 11.7 Å². The molecule has 0 spiro atoms. The van der Waals surface area contributed by atoms with Crippen LogP contribution in [0.5, 0.6) is 0 Å². The largest absolute Gasteiger partial charge is 0.368 e. The third-order valence-corrected chi connectivity index (χ3v) is 5.82. The van der Waals surface area contributed by atoms with E-state index in [1.54, 1.807) is 21.9 Å². The highest BCUT2D eigenvalue weighted by Crippen LogP contribution is 2.21. The van der Waals surface area contributed by atoms with E-state index in [0.29, 0.717) is 38.4 Å². The maximum Gasteiger partial charge on any atom is 0.256 e. The van der Waals surface area contributed by atoms with Crippen LogP contribution in [0.4, 0.5) is 15.8 Å². The second kappa shape index (κ2) is 11.6. The fourth-order valence-corrected chi connectivity index (χ4v) is 4.00. The van der Waals surface area contributed by atoms with Gasteiger partial charge >= 0.3 is 0 Å². The molecule has 1 N–H and O–H groups in total. The van der Waals surface area contributed by atoms with Crippen LogP contribution in [0.25, 0.3) is 0 Å². The first-order valence-corrected chi connectivity index (χ1v) is 11.8. The third kappa shape index (κ3) is 6.34. The minimum atomic E-state index is -0.501. The third-order valence-electron chi connectivity index (χ3n) is 5.82. The number of amides is 3. The Labute approximate surface area is 200 Å². The number of rotatable bonds is 8. The van der Waals surface area contributed by atoms with E-state index in [0.717, 1.165) is 12.1 Å². The normalized spacial score (nSPS) is 13.7. The summed E-state index contributed by atoms with van der Waals surface area (Å²) in [6.07, 6.45) is 0.791. The van der Waals surface area contributed by atoms with Crippen molar-refractivity contribution in [2.24, 2.45) is 5.92 Å². The van der Waals surface area contributed by atoms with Crippen molar-refractivity contribution < 1.29 is 18.8 Å². The molecule has 3 rings (SSSR count). The molecule has 0 radical (unpaired) electrons. The van der Waals surface area contributed by atoms with Crippen molar-refractivity contribution in [2.75, 3.05) is 49.5 Å². The second-order valence-electron chi connectivity index (χ2n) is 8.77. The lowest BCUT2D eigenvalue weighted by atomic mass is 10.1. The van der Waals surface area contributed by atoms with E-state index in [-0.39, 0.29) is 35.7 Å². The quantitative estimate of drug-likeness (QED) is 0.642. The van der Waals surface area contributed by atoms with Gasteiger partial charge in [-0.3, -0.25) is 14.4 Å². The van der Waals surface area contributed by atoms with E-state index in [1.165, 1.54) is 12.1 Å². The van der Waals surface area contributed by atoms with Gasteiger partial charge in [-0.25, -0.2) is 4.39 Å². The Morgan fingerprint density at radius 3 is 2.24 bits per heavy atom. The molecule has 1 saturated heterocycles. The van der Waals surface area contributed by atoms with Crippen molar-refractivity contribution >= 4 is 29.1 Å². The van der Waals surface area contributed by atoms with Crippen molar-refractivity contribution in [1.82, 2.24) is 9.80 Å². The number of hydrogen-bond donors (Lipinski definition) is 1. The SMILES string of the molecule is CCCN(CC(=O)Nc1ccc(N2CCN(C(=O)c3ccccc3F)CC2)cc1)C(=O)C(C)C. The monoisotopic (exact) mass is 468 g/mol. The van der Waals surface area contributed by atoms with Gasteiger partial charge in [-0.1, -0.05) is 32.9 Å². The Morgan fingerprint density at radius 1 is 1.00 bits per heavy atom. The summed E-state index contributed by atoms with van der Waals surface area (Å²) in [6, 6.07) is 13.6. The highest BCUT2D eigenvalue weighted by atomic mass is 19.1. The van der Waals surface area contributed by atoms with E-state index >= 15 is 0 Å². The van der Waals surface area contributed by atoms with Crippen LogP contribution in [-0.4, -0.2) is 66.8 Å². The van der Waals surface area contributed by atoms with Gasteiger partial charge in [-0.2, -0.15) is 0 Å². The molecule has 1 aliphatic rings. The molecule has 0 aliphatic carbocycles. The average Bonchev–Trinajstić information content (AvgIpc) is 2.83. The Hall–Kier alpha value is -3.42. The molecule has 0 atom stereocenters. The first kappa shape index (κ1) is 25.2. The Kier molecular flexibility index (Phi) is 8.62. The molecular weight excluding hydrogens is 435 g/mol. The molecule has 7 nitrogen and oxygen atoms in total. The van der Waals surface area contributed by atoms with Crippen molar-refractivity contribution in [3.63, 3.8) is 0 Å². The zero-order valence-electron chi connectivity index (χ0n) is 20.1. The zero-order valence-corrected chi connectivity index (χ0v) is 20.1. The maximum absolute atomic E-state index is 13.9. The predicted molar refractivity (Wildman–Crippen MR) is 131 cm³/mol. The smallest absolute Gasteiger partial charge is 0.256 e. The molecule has 34 heavy (non-hydrogen) atoms. The molecule has 2 aromatic rings. The van der Waals surface area contributed by atoms with Gasteiger partial charge in [0.2, 0.25) is 11.8 Å². The molecule has 0 bridgehead atoms. The summed E-state index contributed by atoms with van der Waals surface area (Å²) >= 11 is 0. The van der Waals surface area contributed by atoms with Gasteiger partial charge in [0, 0.05) is 50.0 Å². The zero-order chi connectivity index (χ0) is 24.7. The molecule has 2 aromatic carbocycles. The summed E-state index contributed by atoms with van der Waals surface area (Å²) in [6.45, 7) is 8.50. The van der Waals surface area contributed by atoms with Crippen molar-refractivity contribution in [3.05, 3.63) is 59.9 Å². The second-order valence-corrected chi connectivity index (χ2v) is 8.77. The topological polar surface area (TPSA) is 73.0 Å². The number of benzene rings is 2. The lowest BCUT2D eigenvalue weighted by Gasteiger charge is -2.36. The van der Waals surface area contributed by atoms with Crippen LogP contribution in [0.2, 0.25) is 0 Å². The van der Waals surface area contributed by atoms with E-state index in [4.69, 9.17) is 0 Å². The highest BCUT2D eigenvalue weighted by molar-refractivity contribution is 5.95. The fourth-order valence-electron chi connectivity index (χ4n) is 4.00. The summed E-state index contributed by atoms with van der Waals surface area (Å²) in [7, 11) is 0. The fraction of sp³-hybridized carbons (Fsp3) is 0.423. The van der Waals surface area contributed by atoms with Crippen molar-refractivity contribution in [2.45, 2.75) is 27.2 Å². The lowest BCUT2D eigenvalue weighted by molar-refractivity contribution is -0.137. The molecule has 182 valence electrons. The molecule has 1 aliphatic heterocycles. The standard InChI is InChI=1S/C26H33FN4O3/c1-4-13-31(25(33)19(2)3)18-24(32)28-20-9-11-21(12-10-20)29-14-16-30(17-15-29)26(34)22-7-5-6-8-23(22)27/h5-12,19H,4,13-18H2,1-3H3,(H,28,32). The van der Waals surface area contributed by atoms with Gasteiger partial charge in [-0.05, 0) is 42.8 Å². The van der Waals surface area contributed by atoms with Gasteiger partial charge in [0.05, 0.1) is 12.1 Å². The number of nitrogens with one attached hydrogen (secondary N) is 1. The van der Waals surface area contributed by atoms with Crippen LogP contribution in [-0.2, 0) is 9.59 Å². The van der Waals surface area contributed by atoms with E-state index in [9.17, 15) is 18.8 Å². The van der Waals surface area contributed by atoms with Gasteiger partial charge in [0.1, 0.15) is 5.82 Å². The highest BCUT2D eigenvalue weighted by Gasteiger charge is 2.24. The number of anilines is 2. The van der Waals surface area contributed by atoms with Crippen LogP contribution in [0.15, 0.2) is 48.5 Å². The minimum absolute atomic E-state index is 0.0278. The number of nitrogens with zero attached hydrogens (tertiary/aromatic N) is 3. The summed E-state index contributed by atoms with van der Waals surface area (Å²) in [5.74, 6) is -1.20.